The molecule has 88 valence electrons. The first-order valence-electron chi connectivity index (χ1n) is 5.73. The fourth-order valence-electron chi connectivity index (χ4n) is 1.92. The standard InChI is InChI=1S/C15H11ClN2/c1-10-7-8-12-13(16)9-14(18-15(12)17-10)11-5-3-2-4-6-11/h2-9H,1H3. The highest BCUT2D eigenvalue weighted by Crippen LogP contribution is 2.27. The Morgan fingerprint density at radius 1 is 0.944 bits per heavy atom. The predicted molar refractivity (Wildman–Crippen MR) is 74.7 cm³/mol. The normalized spacial score (nSPS) is 10.8. The summed E-state index contributed by atoms with van der Waals surface area (Å²) in [4.78, 5) is 9.00. The van der Waals surface area contributed by atoms with Gasteiger partial charge in [0.05, 0.1) is 10.7 Å². The van der Waals surface area contributed by atoms with Crippen LogP contribution in [0.25, 0.3) is 22.3 Å². The molecule has 0 spiro atoms. The van der Waals surface area contributed by atoms with Gasteiger partial charge in [-0.15, -0.1) is 0 Å². The molecule has 0 fully saturated rings. The summed E-state index contributed by atoms with van der Waals surface area (Å²) in [5.41, 5.74) is 3.54. The molecule has 0 amide bonds. The molecule has 0 aliphatic carbocycles. The van der Waals surface area contributed by atoms with Crippen LogP contribution in [0.3, 0.4) is 0 Å². The molecule has 0 aliphatic heterocycles. The van der Waals surface area contributed by atoms with Crippen molar-refractivity contribution in [3.05, 3.63) is 59.2 Å². The summed E-state index contributed by atoms with van der Waals surface area (Å²) < 4.78 is 0. The number of nitrogens with zero attached hydrogens (tertiary/aromatic N) is 2. The van der Waals surface area contributed by atoms with E-state index in [2.05, 4.69) is 9.97 Å². The van der Waals surface area contributed by atoms with Crippen molar-refractivity contribution in [2.75, 3.05) is 0 Å². The minimum Gasteiger partial charge on any atom is -0.233 e. The minimum atomic E-state index is 0.686. The van der Waals surface area contributed by atoms with Gasteiger partial charge in [0.25, 0.3) is 0 Å². The quantitative estimate of drug-likeness (QED) is 0.648. The fraction of sp³-hybridized carbons (Fsp3) is 0.0667. The van der Waals surface area contributed by atoms with Gasteiger partial charge in [-0.05, 0) is 25.1 Å². The zero-order chi connectivity index (χ0) is 12.5. The Balaban J connectivity index is 2.27. The van der Waals surface area contributed by atoms with Crippen molar-refractivity contribution in [3.8, 4) is 11.3 Å². The molecule has 2 aromatic heterocycles. The molecule has 3 aromatic rings. The van der Waals surface area contributed by atoms with E-state index in [0.29, 0.717) is 10.7 Å². The number of fused-ring (bicyclic) bond motifs is 1. The van der Waals surface area contributed by atoms with Crippen molar-refractivity contribution in [1.29, 1.82) is 0 Å². The first-order chi connectivity index (χ1) is 8.74. The number of aryl methyl sites for hydroxylation is 1. The lowest BCUT2D eigenvalue weighted by molar-refractivity contribution is 1.20. The maximum atomic E-state index is 6.28. The zero-order valence-electron chi connectivity index (χ0n) is 9.89. The van der Waals surface area contributed by atoms with E-state index in [-0.39, 0.29) is 0 Å². The summed E-state index contributed by atoms with van der Waals surface area (Å²) in [5, 5.41) is 1.58. The molecule has 0 bridgehead atoms. The number of halogens is 1. The molecule has 3 heteroatoms. The Kier molecular flexibility index (Phi) is 2.73. The van der Waals surface area contributed by atoms with Crippen LogP contribution in [-0.2, 0) is 0 Å². The van der Waals surface area contributed by atoms with E-state index in [1.165, 1.54) is 0 Å². The van der Waals surface area contributed by atoms with Crippen LogP contribution in [0.1, 0.15) is 5.69 Å². The van der Waals surface area contributed by atoms with Crippen LogP contribution in [0, 0.1) is 6.92 Å². The molecular weight excluding hydrogens is 244 g/mol. The number of hydrogen-bond acceptors (Lipinski definition) is 2. The molecular formula is C15H11ClN2. The van der Waals surface area contributed by atoms with E-state index in [0.717, 1.165) is 22.3 Å². The smallest absolute Gasteiger partial charge is 0.161 e. The molecule has 0 saturated carbocycles. The van der Waals surface area contributed by atoms with E-state index in [1.54, 1.807) is 0 Å². The third-order valence-electron chi connectivity index (χ3n) is 2.83. The van der Waals surface area contributed by atoms with Gasteiger partial charge < -0.3 is 0 Å². The Morgan fingerprint density at radius 3 is 2.50 bits per heavy atom. The summed E-state index contributed by atoms with van der Waals surface area (Å²) in [7, 11) is 0. The van der Waals surface area contributed by atoms with Crippen LogP contribution in [0.5, 0.6) is 0 Å². The Morgan fingerprint density at radius 2 is 1.72 bits per heavy atom. The molecule has 0 unspecified atom stereocenters. The summed E-state index contributed by atoms with van der Waals surface area (Å²) in [6.45, 7) is 1.95. The predicted octanol–water partition coefficient (Wildman–Crippen LogP) is 4.26. The average molecular weight is 255 g/mol. The van der Waals surface area contributed by atoms with Gasteiger partial charge >= 0.3 is 0 Å². The van der Waals surface area contributed by atoms with Crippen LogP contribution < -0.4 is 0 Å². The van der Waals surface area contributed by atoms with E-state index in [9.17, 15) is 0 Å². The topological polar surface area (TPSA) is 25.8 Å². The van der Waals surface area contributed by atoms with Crippen LogP contribution in [0.15, 0.2) is 48.5 Å². The van der Waals surface area contributed by atoms with E-state index >= 15 is 0 Å². The number of aromatic nitrogens is 2. The van der Waals surface area contributed by atoms with Crippen molar-refractivity contribution < 1.29 is 0 Å². The summed E-state index contributed by atoms with van der Waals surface area (Å²) >= 11 is 6.28. The second-order valence-electron chi connectivity index (χ2n) is 4.18. The van der Waals surface area contributed by atoms with Crippen LogP contribution in [0.4, 0.5) is 0 Å². The molecule has 2 nitrogen and oxygen atoms in total. The minimum absolute atomic E-state index is 0.686. The Labute approximate surface area is 110 Å². The van der Waals surface area contributed by atoms with Gasteiger partial charge in [0.1, 0.15) is 0 Å². The molecule has 18 heavy (non-hydrogen) atoms. The van der Waals surface area contributed by atoms with Gasteiger partial charge in [-0.1, -0.05) is 41.9 Å². The van der Waals surface area contributed by atoms with Crippen molar-refractivity contribution in [3.63, 3.8) is 0 Å². The molecule has 0 atom stereocenters. The number of pyridine rings is 2. The first kappa shape index (κ1) is 11.2. The molecule has 0 N–H and O–H groups in total. The highest BCUT2D eigenvalue weighted by molar-refractivity contribution is 6.35. The lowest BCUT2D eigenvalue weighted by Gasteiger charge is -2.05. The maximum Gasteiger partial charge on any atom is 0.161 e. The monoisotopic (exact) mass is 254 g/mol. The molecule has 2 heterocycles. The molecule has 1 aromatic carbocycles. The Hall–Kier alpha value is -1.93. The number of benzene rings is 1. The zero-order valence-corrected chi connectivity index (χ0v) is 10.6. The first-order valence-corrected chi connectivity index (χ1v) is 6.11. The van der Waals surface area contributed by atoms with E-state index in [1.807, 2.05) is 55.5 Å². The van der Waals surface area contributed by atoms with Crippen LogP contribution >= 0.6 is 11.6 Å². The van der Waals surface area contributed by atoms with Gasteiger partial charge in [0, 0.05) is 16.6 Å². The average Bonchev–Trinajstić information content (AvgIpc) is 2.39. The highest BCUT2D eigenvalue weighted by atomic mass is 35.5. The third kappa shape index (κ3) is 1.95. The number of hydrogen-bond donors (Lipinski definition) is 0. The summed E-state index contributed by atoms with van der Waals surface area (Å²) in [6.07, 6.45) is 0. The fourth-order valence-corrected chi connectivity index (χ4v) is 2.17. The van der Waals surface area contributed by atoms with E-state index in [4.69, 9.17) is 11.6 Å². The SMILES string of the molecule is Cc1ccc2c(Cl)cc(-c3ccccc3)nc2n1. The van der Waals surface area contributed by atoms with Gasteiger partial charge in [0.15, 0.2) is 5.65 Å². The molecule has 0 aliphatic rings. The van der Waals surface area contributed by atoms with Crippen molar-refractivity contribution >= 4 is 22.6 Å². The van der Waals surface area contributed by atoms with Crippen LogP contribution in [0.2, 0.25) is 5.02 Å². The van der Waals surface area contributed by atoms with Gasteiger partial charge in [-0.25, -0.2) is 9.97 Å². The summed E-state index contributed by atoms with van der Waals surface area (Å²) in [5.74, 6) is 0. The van der Waals surface area contributed by atoms with Gasteiger partial charge in [-0.2, -0.15) is 0 Å². The van der Waals surface area contributed by atoms with Gasteiger partial charge in [0.2, 0.25) is 0 Å². The lowest BCUT2D eigenvalue weighted by atomic mass is 10.1. The maximum absolute atomic E-state index is 6.28. The third-order valence-corrected chi connectivity index (χ3v) is 3.14. The van der Waals surface area contributed by atoms with Crippen molar-refractivity contribution in [1.82, 2.24) is 9.97 Å². The summed E-state index contributed by atoms with van der Waals surface area (Å²) in [6, 6.07) is 15.8. The van der Waals surface area contributed by atoms with Crippen molar-refractivity contribution in [2.45, 2.75) is 6.92 Å². The number of rotatable bonds is 1. The van der Waals surface area contributed by atoms with Crippen molar-refractivity contribution in [2.24, 2.45) is 0 Å². The van der Waals surface area contributed by atoms with Crippen LogP contribution in [-0.4, -0.2) is 9.97 Å². The van der Waals surface area contributed by atoms with E-state index < -0.39 is 0 Å². The second kappa shape index (κ2) is 4.39. The molecule has 3 rings (SSSR count). The largest absolute Gasteiger partial charge is 0.233 e. The van der Waals surface area contributed by atoms with Gasteiger partial charge in [-0.3, -0.25) is 0 Å². The lowest BCUT2D eigenvalue weighted by Crippen LogP contribution is -1.91. The highest BCUT2D eigenvalue weighted by Gasteiger charge is 2.06. The molecule has 0 radical (unpaired) electrons. The second-order valence-corrected chi connectivity index (χ2v) is 4.59. The molecule has 0 saturated heterocycles. The Bertz CT molecular complexity index is 708.